The van der Waals surface area contributed by atoms with E-state index in [-0.39, 0.29) is 5.91 Å². The summed E-state index contributed by atoms with van der Waals surface area (Å²) in [6.45, 7) is 2.64. The van der Waals surface area contributed by atoms with E-state index >= 15 is 0 Å². The average molecular weight is 362 g/mol. The highest BCUT2D eigenvalue weighted by Crippen LogP contribution is 2.21. The fraction of sp³-hybridized carbons (Fsp3) is 0.409. The molecule has 5 heteroatoms. The fourth-order valence-electron chi connectivity index (χ4n) is 3.78. The molecule has 1 amide bonds. The molecule has 0 unspecified atom stereocenters. The molecule has 1 aliphatic rings. The minimum Gasteiger partial charge on any atom is -0.348 e. The second-order valence-electron chi connectivity index (χ2n) is 7.29. The Bertz CT molecular complexity index is 943. The Kier molecular flexibility index (Phi) is 5.19. The highest BCUT2D eigenvalue weighted by Gasteiger charge is 2.18. The van der Waals surface area contributed by atoms with Gasteiger partial charge in [0, 0.05) is 18.4 Å². The molecule has 0 spiro atoms. The molecule has 0 fully saturated rings. The van der Waals surface area contributed by atoms with Gasteiger partial charge in [-0.05, 0) is 48.8 Å². The van der Waals surface area contributed by atoms with Gasteiger partial charge in [-0.15, -0.1) is 0 Å². The first-order chi connectivity index (χ1) is 13.3. The van der Waals surface area contributed by atoms with Crippen LogP contribution in [0.1, 0.15) is 65.3 Å². The Morgan fingerprint density at radius 3 is 2.56 bits per heavy atom. The molecule has 0 radical (unpaired) electrons. The van der Waals surface area contributed by atoms with Gasteiger partial charge in [0.25, 0.3) is 5.91 Å². The smallest absolute Gasteiger partial charge is 0.257 e. The topological polar surface area (TPSA) is 59.3 Å². The van der Waals surface area contributed by atoms with Crippen LogP contribution in [0.4, 0.5) is 0 Å². The molecule has 0 atom stereocenters. The van der Waals surface area contributed by atoms with Crippen molar-refractivity contribution in [2.75, 3.05) is 0 Å². The van der Waals surface area contributed by atoms with Gasteiger partial charge in [0.1, 0.15) is 5.56 Å². The van der Waals surface area contributed by atoms with Gasteiger partial charge < -0.3 is 5.32 Å². The maximum Gasteiger partial charge on any atom is 0.257 e. The Morgan fingerprint density at radius 2 is 1.78 bits per heavy atom. The van der Waals surface area contributed by atoms with Crippen LogP contribution in [0.15, 0.2) is 36.7 Å². The van der Waals surface area contributed by atoms with Crippen molar-refractivity contribution in [1.29, 1.82) is 0 Å². The lowest BCUT2D eigenvalue weighted by Crippen LogP contribution is -2.23. The number of nitrogens with one attached hydrogen (secondary N) is 1. The third kappa shape index (κ3) is 3.72. The zero-order valence-electron chi connectivity index (χ0n) is 15.9. The van der Waals surface area contributed by atoms with E-state index in [1.807, 2.05) is 10.7 Å². The normalized spacial score (nSPS) is 14.4. The Balaban J connectivity index is 1.54. The Labute approximate surface area is 159 Å². The van der Waals surface area contributed by atoms with Crippen molar-refractivity contribution in [3.05, 3.63) is 64.6 Å². The number of hydrogen-bond acceptors (Lipinski definition) is 3. The highest BCUT2D eigenvalue weighted by atomic mass is 16.1. The number of hydrogen-bond donors (Lipinski definition) is 1. The largest absolute Gasteiger partial charge is 0.348 e. The molecule has 140 valence electrons. The van der Waals surface area contributed by atoms with E-state index in [4.69, 9.17) is 0 Å². The number of aromatic nitrogens is 3. The Hall–Kier alpha value is -2.69. The lowest BCUT2D eigenvalue weighted by molar-refractivity contribution is 0.0952. The zero-order valence-corrected chi connectivity index (χ0v) is 15.9. The predicted octanol–water partition coefficient (Wildman–Crippen LogP) is 3.88. The summed E-state index contributed by atoms with van der Waals surface area (Å²) in [5, 5.41) is 7.50. The van der Waals surface area contributed by atoms with Gasteiger partial charge in [0.2, 0.25) is 0 Å². The van der Waals surface area contributed by atoms with Crippen LogP contribution < -0.4 is 5.32 Å². The first-order valence-electron chi connectivity index (χ1n) is 9.96. The van der Waals surface area contributed by atoms with Crippen LogP contribution in [0.2, 0.25) is 0 Å². The molecule has 0 saturated heterocycles. The molecular weight excluding hydrogens is 336 g/mol. The second kappa shape index (κ2) is 7.91. The molecule has 3 aromatic rings. The van der Waals surface area contributed by atoms with Crippen molar-refractivity contribution in [3.8, 4) is 0 Å². The van der Waals surface area contributed by atoms with Gasteiger partial charge >= 0.3 is 0 Å². The summed E-state index contributed by atoms with van der Waals surface area (Å²) >= 11 is 0. The van der Waals surface area contributed by atoms with Crippen LogP contribution in [-0.2, 0) is 25.8 Å². The predicted molar refractivity (Wildman–Crippen MR) is 106 cm³/mol. The van der Waals surface area contributed by atoms with E-state index in [9.17, 15) is 4.79 Å². The van der Waals surface area contributed by atoms with Gasteiger partial charge in [-0.2, -0.15) is 5.10 Å². The van der Waals surface area contributed by atoms with Crippen LogP contribution >= 0.6 is 0 Å². The number of carbonyl (C=O) groups excluding carboxylic acids is 1. The fourth-order valence-corrected chi connectivity index (χ4v) is 3.78. The number of aryl methyl sites for hydroxylation is 3. The van der Waals surface area contributed by atoms with Gasteiger partial charge in [0.05, 0.1) is 6.20 Å². The van der Waals surface area contributed by atoms with Gasteiger partial charge in [-0.1, -0.05) is 44.0 Å². The lowest BCUT2D eigenvalue weighted by Gasteiger charge is -2.14. The molecule has 0 aliphatic heterocycles. The number of rotatable bonds is 4. The van der Waals surface area contributed by atoms with Crippen molar-refractivity contribution in [2.24, 2.45) is 0 Å². The Morgan fingerprint density at radius 1 is 1.04 bits per heavy atom. The van der Waals surface area contributed by atoms with Crippen LogP contribution in [0.5, 0.6) is 0 Å². The summed E-state index contributed by atoms with van der Waals surface area (Å²) in [7, 11) is 0. The first-order valence-corrected chi connectivity index (χ1v) is 9.96. The van der Waals surface area contributed by atoms with Crippen LogP contribution in [-0.4, -0.2) is 20.5 Å². The summed E-state index contributed by atoms with van der Waals surface area (Å²) in [6, 6.07) is 8.35. The molecule has 1 N–H and O–H groups in total. The minimum atomic E-state index is -0.122. The summed E-state index contributed by atoms with van der Waals surface area (Å²) in [6.07, 6.45) is 11.6. The molecule has 2 heterocycles. The molecular formula is C22H26N4O. The van der Waals surface area contributed by atoms with Crippen molar-refractivity contribution < 1.29 is 4.79 Å². The van der Waals surface area contributed by atoms with Crippen LogP contribution in [0, 0.1) is 0 Å². The highest BCUT2D eigenvalue weighted by molar-refractivity contribution is 5.99. The van der Waals surface area contributed by atoms with E-state index in [0.29, 0.717) is 17.8 Å². The maximum absolute atomic E-state index is 12.7. The number of nitrogens with zero attached hydrogens (tertiary/aromatic N) is 3. The van der Waals surface area contributed by atoms with Gasteiger partial charge in [-0.3, -0.25) is 4.79 Å². The van der Waals surface area contributed by atoms with Crippen LogP contribution in [0.25, 0.3) is 5.65 Å². The molecule has 4 rings (SSSR count). The third-order valence-corrected chi connectivity index (χ3v) is 5.45. The van der Waals surface area contributed by atoms with E-state index in [2.05, 4.69) is 46.6 Å². The number of benzene rings is 1. The summed E-state index contributed by atoms with van der Waals surface area (Å²) in [5.41, 5.74) is 6.09. The van der Waals surface area contributed by atoms with Gasteiger partial charge in [-0.25, -0.2) is 9.50 Å². The molecule has 1 aliphatic carbocycles. The van der Waals surface area contributed by atoms with Gasteiger partial charge in [0.15, 0.2) is 5.65 Å². The molecule has 0 saturated carbocycles. The van der Waals surface area contributed by atoms with Crippen molar-refractivity contribution in [1.82, 2.24) is 19.9 Å². The molecule has 5 nitrogen and oxygen atoms in total. The van der Waals surface area contributed by atoms with E-state index < -0.39 is 0 Å². The summed E-state index contributed by atoms with van der Waals surface area (Å²) in [4.78, 5) is 17.3. The summed E-state index contributed by atoms with van der Waals surface area (Å²) in [5.74, 6) is -0.122. The standard InChI is InChI=1S/C22H26N4O/c1-2-16-9-11-17(12-10-16)13-24-22(27)19-15-25-26-20-8-6-4-3-5-7-18(20)14-23-21(19)26/h9-12,14-15H,2-8,13H2,1H3,(H,24,27). The minimum absolute atomic E-state index is 0.122. The number of carbonyl (C=O) groups is 1. The quantitative estimate of drug-likeness (QED) is 0.766. The van der Waals surface area contributed by atoms with Crippen molar-refractivity contribution >= 4 is 11.6 Å². The summed E-state index contributed by atoms with van der Waals surface area (Å²) < 4.78 is 1.88. The van der Waals surface area contributed by atoms with E-state index in [1.54, 1.807) is 6.20 Å². The number of fused-ring (bicyclic) bond motifs is 3. The lowest BCUT2D eigenvalue weighted by atomic mass is 9.98. The first kappa shape index (κ1) is 17.7. The van der Waals surface area contributed by atoms with E-state index in [1.165, 1.54) is 42.5 Å². The van der Waals surface area contributed by atoms with Crippen molar-refractivity contribution in [2.45, 2.75) is 58.4 Å². The molecule has 1 aromatic carbocycles. The number of amides is 1. The van der Waals surface area contributed by atoms with E-state index in [0.717, 1.165) is 24.8 Å². The SMILES string of the molecule is CCc1ccc(CNC(=O)c2cnn3c4c(cnc23)CCCCCC4)cc1. The second-order valence-corrected chi connectivity index (χ2v) is 7.29. The van der Waals surface area contributed by atoms with Crippen molar-refractivity contribution in [3.63, 3.8) is 0 Å². The molecule has 2 aromatic heterocycles. The zero-order chi connectivity index (χ0) is 18.6. The maximum atomic E-state index is 12.7. The molecule has 0 bridgehead atoms. The monoisotopic (exact) mass is 362 g/mol. The third-order valence-electron chi connectivity index (χ3n) is 5.45. The molecule has 27 heavy (non-hydrogen) atoms. The average Bonchev–Trinajstić information content (AvgIpc) is 3.11. The van der Waals surface area contributed by atoms with Crippen LogP contribution in [0.3, 0.4) is 0 Å².